The van der Waals surface area contributed by atoms with Crippen LogP contribution in [0.1, 0.15) is 17.3 Å². The molecule has 0 fully saturated rings. The summed E-state index contributed by atoms with van der Waals surface area (Å²) in [6.07, 6.45) is 0. The minimum atomic E-state index is -0.841. The summed E-state index contributed by atoms with van der Waals surface area (Å²) < 4.78 is 26.8. The molecule has 126 valence electrons. The fraction of sp³-hybridized carbons (Fsp3) is 0.176. The predicted octanol–water partition coefficient (Wildman–Crippen LogP) is 3.40. The summed E-state index contributed by atoms with van der Waals surface area (Å²) in [5.41, 5.74) is 0.339. The Hall–Kier alpha value is -2.47. The van der Waals surface area contributed by atoms with Crippen molar-refractivity contribution in [3.63, 3.8) is 0 Å². The Balaban J connectivity index is 2.02. The molecule has 0 unspecified atom stereocenters. The molecule has 0 saturated carbocycles. The van der Waals surface area contributed by atoms with Crippen LogP contribution in [0.15, 0.2) is 42.5 Å². The van der Waals surface area contributed by atoms with Gasteiger partial charge in [-0.1, -0.05) is 17.7 Å². The zero-order valence-corrected chi connectivity index (χ0v) is 13.6. The van der Waals surface area contributed by atoms with Gasteiger partial charge in [0.15, 0.2) is 0 Å². The first-order chi connectivity index (χ1) is 11.4. The summed E-state index contributed by atoms with van der Waals surface area (Å²) in [5.74, 6) is -2.35. The lowest BCUT2D eigenvalue weighted by Gasteiger charge is -2.22. The molecule has 0 atom stereocenters. The quantitative estimate of drug-likeness (QED) is 0.896. The van der Waals surface area contributed by atoms with E-state index < -0.39 is 17.5 Å². The van der Waals surface area contributed by atoms with Crippen molar-refractivity contribution in [2.75, 3.05) is 18.0 Å². The first-order valence-electron chi connectivity index (χ1n) is 7.15. The van der Waals surface area contributed by atoms with Gasteiger partial charge in [0.1, 0.15) is 11.6 Å². The molecule has 0 aromatic heterocycles. The fourth-order valence-electron chi connectivity index (χ4n) is 2.16. The molecule has 2 rings (SSSR count). The third-order valence-corrected chi connectivity index (χ3v) is 3.52. The summed E-state index contributed by atoms with van der Waals surface area (Å²) in [4.78, 5) is 24.8. The highest BCUT2D eigenvalue weighted by molar-refractivity contribution is 6.30. The molecule has 2 aromatic carbocycles. The Morgan fingerprint density at radius 3 is 2.54 bits per heavy atom. The van der Waals surface area contributed by atoms with Gasteiger partial charge in [-0.05, 0) is 30.3 Å². The SMILES string of the molecule is CC(=O)N(CCNC(=O)c1cccc(Cl)c1)c1ccc(F)cc1F. The molecule has 1 N–H and O–H groups in total. The van der Waals surface area contributed by atoms with Crippen molar-refractivity contribution in [1.82, 2.24) is 5.32 Å². The minimum Gasteiger partial charge on any atom is -0.350 e. The molecule has 24 heavy (non-hydrogen) atoms. The van der Waals surface area contributed by atoms with E-state index in [-0.39, 0.29) is 24.7 Å². The molecule has 0 spiro atoms. The molecule has 0 heterocycles. The summed E-state index contributed by atoms with van der Waals surface area (Å²) >= 11 is 5.82. The number of halogens is 3. The fourth-order valence-corrected chi connectivity index (χ4v) is 2.35. The largest absolute Gasteiger partial charge is 0.350 e. The van der Waals surface area contributed by atoms with Crippen LogP contribution in [-0.2, 0) is 4.79 Å². The Morgan fingerprint density at radius 2 is 1.92 bits per heavy atom. The van der Waals surface area contributed by atoms with Crippen LogP contribution in [0.4, 0.5) is 14.5 Å². The van der Waals surface area contributed by atoms with Crippen molar-refractivity contribution in [3.05, 3.63) is 64.7 Å². The summed E-state index contributed by atoms with van der Waals surface area (Å²) in [7, 11) is 0. The lowest BCUT2D eigenvalue weighted by atomic mass is 10.2. The maximum atomic E-state index is 13.8. The van der Waals surface area contributed by atoms with E-state index in [1.807, 2.05) is 0 Å². The van der Waals surface area contributed by atoms with Crippen molar-refractivity contribution in [3.8, 4) is 0 Å². The van der Waals surface area contributed by atoms with Gasteiger partial charge in [0, 0.05) is 36.7 Å². The highest BCUT2D eigenvalue weighted by atomic mass is 35.5. The molecular formula is C17H15ClF2N2O2. The van der Waals surface area contributed by atoms with Crippen LogP contribution < -0.4 is 10.2 Å². The van der Waals surface area contributed by atoms with Gasteiger partial charge in [-0.15, -0.1) is 0 Å². The molecule has 0 aliphatic carbocycles. The van der Waals surface area contributed by atoms with E-state index in [0.29, 0.717) is 16.7 Å². The lowest BCUT2D eigenvalue weighted by Crippen LogP contribution is -2.38. The van der Waals surface area contributed by atoms with Gasteiger partial charge in [-0.25, -0.2) is 8.78 Å². The van der Waals surface area contributed by atoms with E-state index in [4.69, 9.17) is 11.6 Å². The van der Waals surface area contributed by atoms with Crippen LogP contribution >= 0.6 is 11.6 Å². The number of nitrogens with one attached hydrogen (secondary N) is 1. The number of benzene rings is 2. The molecular weight excluding hydrogens is 338 g/mol. The van der Waals surface area contributed by atoms with Crippen LogP contribution in [0.3, 0.4) is 0 Å². The Kier molecular flexibility index (Phi) is 5.87. The Labute approximate surface area is 143 Å². The molecule has 4 nitrogen and oxygen atoms in total. The second-order valence-electron chi connectivity index (χ2n) is 5.03. The van der Waals surface area contributed by atoms with E-state index in [1.165, 1.54) is 19.1 Å². The van der Waals surface area contributed by atoms with Gasteiger partial charge in [-0.3, -0.25) is 9.59 Å². The molecule has 0 aliphatic heterocycles. The van der Waals surface area contributed by atoms with Crippen LogP contribution in [-0.4, -0.2) is 24.9 Å². The highest BCUT2D eigenvalue weighted by Gasteiger charge is 2.16. The van der Waals surface area contributed by atoms with Crippen molar-refractivity contribution in [1.29, 1.82) is 0 Å². The second kappa shape index (κ2) is 7.88. The number of carbonyl (C=O) groups excluding carboxylic acids is 2. The van der Waals surface area contributed by atoms with Gasteiger partial charge in [0.2, 0.25) is 5.91 Å². The average Bonchev–Trinajstić information content (AvgIpc) is 2.52. The van der Waals surface area contributed by atoms with E-state index >= 15 is 0 Å². The number of nitrogens with zero attached hydrogens (tertiary/aromatic N) is 1. The van der Waals surface area contributed by atoms with Crippen LogP contribution in [0.25, 0.3) is 0 Å². The third-order valence-electron chi connectivity index (χ3n) is 3.29. The number of hydrogen-bond acceptors (Lipinski definition) is 2. The number of rotatable bonds is 5. The van der Waals surface area contributed by atoms with Gasteiger partial charge < -0.3 is 10.2 Å². The number of carbonyl (C=O) groups is 2. The first kappa shape index (κ1) is 17.9. The van der Waals surface area contributed by atoms with Gasteiger partial charge >= 0.3 is 0 Å². The third kappa shape index (κ3) is 4.52. The van der Waals surface area contributed by atoms with E-state index in [0.717, 1.165) is 11.0 Å². The average molecular weight is 353 g/mol. The molecule has 0 saturated heterocycles. The normalized spacial score (nSPS) is 10.3. The van der Waals surface area contributed by atoms with E-state index in [2.05, 4.69) is 5.32 Å². The smallest absolute Gasteiger partial charge is 0.251 e. The monoisotopic (exact) mass is 352 g/mol. The van der Waals surface area contributed by atoms with Crippen LogP contribution in [0, 0.1) is 11.6 Å². The zero-order chi connectivity index (χ0) is 17.7. The van der Waals surface area contributed by atoms with Crippen molar-refractivity contribution < 1.29 is 18.4 Å². The summed E-state index contributed by atoms with van der Waals surface area (Å²) in [6.45, 7) is 1.41. The van der Waals surface area contributed by atoms with Crippen molar-refractivity contribution in [2.24, 2.45) is 0 Å². The summed E-state index contributed by atoms with van der Waals surface area (Å²) in [5, 5.41) is 3.06. The van der Waals surface area contributed by atoms with Crippen LogP contribution in [0.5, 0.6) is 0 Å². The first-order valence-corrected chi connectivity index (χ1v) is 7.53. The molecule has 2 aromatic rings. The van der Waals surface area contributed by atoms with Gasteiger partial charge in [-0.2, -0.15) is 0 Å². The Bertz CT molecular complexity index is 768. The lowest BCUT2D eigenvalue weighted by molar-refractivity contribution is -0.116. The van der Waals surface area contributed by atoms with E-state index in [1.54, 1.807) is 18.2 Å². The maximum absolute atomic E-state index is 13.8. The summed E-state index contributed by atoms with van der Waals surface area (Å²) in [6, 6.07) is 9.36. The van der Waals surface area contributed by atoms with E-state index in [9.17, 15) is 18.4 Å². The molecule has 0 bridgehead atoms. The zero-order valence-electron chi connectivity index (χ0n) is 12.9. The van der Waals surface area contributed by atoms with Gasteiger partial charge in [0.05, 0.1) is 5.69 Å². The maximum Gasteiger partial charge on any atom is 0.251 e. The van der Waals surface area contributed by atoms with Gasteiger partial charge in [0.25, 0.3) is 5.91 Å². The predicted molar refractivity (Wildman–Crippen MR) is 88.2 cm³/mol. The topological polar surface area (TPSA) is 49.4 Å². The minimum absolute atomic E-state index is 0.0408. The standard InChI is InChI=1S/C17H15ClF2N2O2/c1-11(23)22(16-6-5-14(19)10-15(16)20)8-7-21-17(24)12-3-2-4-13(18)9-12/h2-6,9-10H,7-8H2,1H3,(H,21,24). The van der Waals surface area contributed by atoms with Crippen LogP contribution in [0.2, 0.25) is 5.02 Å². The molecule has 0 radical (unpaired) electrons. The molecule has 2 amide bonds. The second-order valence-corrected chi connectivity index (χ2v) is 5.47. The molecule has 7 heteroatoms. The number of hydrogen-bond donors (Lipinski definition) is 1. The highest BCUT2D eigenvalue weighted by Crippen LogP contribution is 2.20. The van der Waals surface area contributed by atoms with Crippen molar-refractivity contribution >= 4 is 29.1 Å². The Morgan fingerprint density at radius 1 is 1.17 bits per heavy atom. The number of amides is 2. The number of anilines is 1. The van der Waals surface area contributed by atoms with Crippen molar-refractivity contribution in [2.45, 2.75) is 6.92 Å². The molecule has 0 aliphatic rings.